The maximum absolute atomic E-state index is 12.5. The van der Waals surface area contributed by atoms with Gasteiger partial charge in [-0.2, -0.15) is 0 Å². The van der Waals surface area contributed by atoms with Crippen LogP contribution in [0, 0.1) is 0 Å². The number of aryl methyl sites for hydroxylation is 2. The van der Waals surface area contributed by atoms with E-state index in [0.717, 1.165) is 23.2 Å². The van der Waals surface area contributed by atoms with Gasteiger partial charge < -0.3 is 15.0 Å². The predicted octanol–water partition coefficient (Wildman–Crippen LogP) is 4.75. The molecule has 1 N–H and O–H groups in total. The third-order valence-electron chi connectivity index (χ3n) is 5.45. The van der Waals surface area contributed by atoms with Crippen LogP contribution in [0.15, 0.2) is 72.8 Å². The van der Waals surface area contributed by atoms with Crippen molar-refractivity contribution in [1.82, 2.24) is 0 Å². The van der Waals surface area contributed by atoms with E-state index in [9.17, 15) is 9.59 Å². The van der Waals surface area contributed by atoms with Gasteiger partial charge in [0.25, 0.3) is 5.91 Å². The molecule has 0 unspecified atom stereocenters. The van der Waals surface area contributed by atoms with E-state index in [2.05, 4.69) is 12.2 Å². The first-order chi connectivity index (χ1) is 15.1. The minimum absolute atomic E-state index is 0.0544. The number of anilines is 2. The molecule has 31 heavy (non-hydrogen) atoms. The lowest BCUT2D eigenvalue weighted by atomic mass is 9.99. The number of hydrogen-bond acceptors (Lipinski definition) is 3. The largest absolute Gasteiger partial charge is 0.484 e. The Kier molecular flexibility index (Phi) is 6.32. The van der Waals surface area contributed by atoms with Crippen LogP contribution in [0.25, 0.3) is 0 Å². The quantitative estimate of drug-likeness (QED) is 0.607. The van der Waals surface area contributed by atoms with Gasteiger partial charge in [-0.3, -0.25) is 9.59 Å². The van der Waals surface area contributed by atoms with Gasteiger partial charge in [-0.15, -0.1) is 0 Å². The summed E-state index contributed by atoms with van der Waals surface area (Å²) < 4.78 is 5.58. The first-order valence-corrected chi connectivity index (χ1v) is 10.6. The summed E-state index contributed by atoms with van der Waals surface area (Å²) in [5, 5.41) is 2.89. The molecule has 4 rings (SSSR count). The molecule has 0 spiro atoms. The summed E-state index contributed by atoms with van der Waals surface area (Å²) in [7, 11) is 0. The number of benzene rings is 3. The number of hydrogen-bond donors (Lipinski definition) is 1. The molecule has 158 valence electrons. The average molecular weight is 415 g/mol. The van der Waals surface area contributed by atoms with Crippen LogP contribution in [0.2, 0.25) is 0 Å². The number of carbonyl (C=O) groups excluding carboxylic acids is 2. The summed E-state index contributed by atoms with van der Waals surface area (Å²) >= 11 is 0. The Morgan fingerprint density at radius 3 is 2.48 bits per heavy atom. The summed E-state index contributed by atoms with van der Waals surface area (Å²) in [4.78, 5) is 26.7. The van der Waals surface area contributed by atoms with Gasteiger partial charge in [0.05, 0.1) is 6.54 Å². The molecule has 0 fully saturated rings. The van der Waals surface area contributed by atoms with Gasteiger partial charge in [0.1, 0.15) is 5.75 Å². The second kappa shape index (κ2) is 9.47. The Bertz CT molecular complexity index is 1060. The fourth-order valence-corrected chi connectivity index (χ4v) is 3.74. The number of ether oxygens (including phenoxy) is 1. The van der Waals surface area contributed by atoms with Gasteiger partial charge >= 0.3 is 0 Å². The molecule has 1 aliphatic heterocycles. The Morgan fingerprint density at radius 1 is 0.968 bits per heavy atom. The monoisotopic (exact) mass is 414 g/mol. The van der Waals surface area contributed by atoms with E-state index in [1.165, 1.54) is 5.56 Å². The lowest BCUT2D eigenvalue weighted by molar-refractivity contribution is -0.119. The van der Waals surface area contributed by atoms with Crippen molar-refractivity contribution >= 4 is 23.2 Å². The van der Waals surface area contributed by atoms with Crippen LogP contribution in [0.1, 0.15) is 30.0 Å². The fourth-order valence-electron chi connectivity index (χ4n) is 3.74. The molecule has 1 heterocycles. The molecule has 0 bridgehead atoms. The summed E-state index contributed by atoms with van der Waals surface area (Å²) in [6.45, 7) is 2.59. The molecule has 5 heteroatoms. The number of fused-ring (bicyclic) bond motifs is 1. The average Bonchev–Trinajstić information content (AvgIpc) is 2.80. The minimum atomic E-state index is -0.215. The molecule has 5 nitrogen and oxygen atoms in total. The molecule has 3 aromatic rings. The van der Waals surface area contributed by atoms with E-state index in [1.807, 2.05) is 77.7 Å². The third-order valence-corrected chi connectivity index (χ3v) is 5.45. The zero-order valence-electron chi connectivity index (χ0n) is 17.6. The normalized spacial score (nSPS) is 12.9. The van der Waals surface area contributed by atoms with Gasteiger partial charge in [-0.05, 0) is 59.9 Å². The van der Waals surface area contributed by atoms with E-state index < -0.39 is 0 Å². The molecule has 3 aromatic carbocycles. The highest BCUT2D eigenvalue weighted by Crippen LogP contribution is 2.31. The van der Waals surface area contributed by atoms with Crippen LogP contribution in [-0.2, 0) is 29.0 Å². The third kappa shape index (κ3) is 5.12. The smallest absolute Gasteiger partial charge is 0.262 e. The molecule has 0 saturated carbocycles. The van der Waals surface area contributed by atoms with Crippen LogP contribution in [-0.4, -0.2) is 18.4 Å². The topological polar surface area (TPSA) is 58.6 Å². The zero-order valence-corrected chi connectivity index (χ0v) is 17.6. The number of nitrogens with zero attached hydrogens (tertiary/aromatic N) is 1. The summed E-state index contributed by atoms with van der Waals surface area (Å²) in [6, 6.07) is 23.4. The van der Waals surface area contributed by atoms with E-state index in [4.69, 9.17) is 4.74 Å². The van der Waals surface area contributed by atoms with Gasteiger partial charge in [0, 0.05) is 17.8 Å². The van der Waals surface area contributed by atoms with Crippen LogP contribution in [0.5, 0.6) is 5.75 Å². The lowest BCUT2D eigenvalue weighted by Crippen LogP contribution is -2.34. The van der Waals surface area contributed by atoms with Crippen molar-refractivity contribution < 1.29 is 14.3 Å². The van der Waals surface area contributed by atoms with Gasteiger partial charge in [-0.1, -0.05) is 49.4 Å². The summed E-state index contributed by atoms with van der Waals surface area (Å²) in [5.74, 6) is 0.580. The van der Waals surface area contributed by atoms with Crippen LogP contribution >= 0.6 is 0 Å². The number of nitrogens with one attached hydrogen (secondary N) is 1. The first kappa shape index (κ1) is 20.7. The van der Waals surface area contributed by atoms with Crippen LogP contribution in [0.3, 0.4) is 0 Å². The minimum Gasteiger partial charge on any atom is -0.484 e. The summed E-state index contributed by atoms with van der Waals surface area (Å²) in [5.41, 5.74) is 4.99. The van der Waals surface area contributed by atoms with Crippen LogP contribution < -0.4 is 15.0 Å². The standard InChI is InChI=1S/C26H26N2O3/c1-2-19-8-12-23(13-9-19)31-18-25(29)27-22-11-14-24-21(16-22)10-15-26(30)28(24)17-20-6-4-3-5-7-20/h3-9,11-14,16H,2,10,15,17-18H2,1H3,(H,27,29). The highest BCUT2D eigenvalue weighted by atomic mass is 16.5. The first-order valence-electron chi connectivity index (χ1n) is 10.6. The van der Waals surface area contributed by atoms with Crippen molar-refractivity contribution in [3.05, 3.63) is 89.5 Å². The van der Waals surface area contributed by atoms with E-state index in [-0.39, 0.29) is 18.4 Å². The second-order valence-corrected chi connectivity index (χ2v) is 7.64. The van der Waals surface area contributed by atoms with E-state index >= 15 is 0 Å². The van der Waals surface area contributed by atoms with Crippen molar-refractivity contribution in [2.24, 2.45) is 0 Å². The lowest BCUT2D eigenvalue weighted by Gasteiger charge is -2.30. The molecular formula is C26H26N2O3. The van der Waals surface area contributed by atoms with Crippen molar-refractivity contribution in [3.63, 3.8) is 0 Å². The van der Waals surface area contributed by atoms with Gasteiger partial charge in [-0.25, -0.2) is 0 Å². The Morgan fingerprint density at radius 2 is 1.74 bits per heavy atom. The molecule has 0 saturated heterocycles. The van der Waals surface area contributed by atoms with Crippen LogP contribution in [0.4, 0.5) is 11.4 Å². The number of carbonyl (C=O) groups is 2. The molecule has 0 atom stereocenters. The van der Waals surface area contributed by atoms with Gasteiger partial charge in [0.2, 0.25) is 5.91 Å². The number of amides is 2. The van der Waals surface area contributed by atoms with Crippen molar-refractivity contribution in [2.45, 2.75) is 32.7 Å². The van der Waals surface area contributed by atoms with Gasteiger partial charge in [0.15, 0.2) is 6.61 Å². The molecule has 0 radical (unpaired) electrons. The maximum atomic E-state index is 12.5. The molecule has 0 aliphatic carbocycles. The van der Waals surface area contributed by atoms with E-state index in [0.29, 0.717) is 30.8 Å². The highest BCUT2D eigenvalue weighted by molar-refractivity contribution is 5.97. The second-order valence-electron chi connectivity index (χ2n) is 7.64. The Hall–Kier alpha value is -3.60. The zero-order chi connectivity index (χ0) is 21.6. The fraction of sp³-hybridized carbons (Fsp3) is 0.231. The highest BCUT2D eigenvalue weighted by Gasteiger charge is 2.24. The predicted molar refractivity (Wildman–Crippen MR) is 122 cm³/mol. The Balaban J connectivity index is 1.40. The molecular weight excluding hydrogens is 388 g/mol. The maximum Gasteiger partial charge on any atom is 0.262 e. The molecule has 0 aromatic heterocycles. The SMILES string of the molecule is CCc1ccc(OCC(=O)Nc2ccc3c(c2)CCC(=O)N3Cc2ccccc2)cc1. The molecule has 1 aliphatic rings. The molecule has 2 amide bonds. The van der Waals surface area contributed by atoms with E-state index in [1.54, 1.807) is 0 Å². The Labute approximate surface area is 182 Å². The summed E-state index contributed by atoms with van der Waals surface area (Å²) in [6.07, 6.45) is 2.10. The van der Waals surface area contributed by atoms with Crippen molar-refractivity contribution in [2.75, 3.05) is 16.8 Å². The van der Waals surface area contributed by atoms with Crippen molar-refractivity contribution in [3.8, 4) is 5.75 Å². The van der Waals surface area contributed by atoms with Crippen molar-refractivity contribution in [1.29, 1.82) is 0 Å². The number of rotatable bonds is 7.